The molecule has 1 N–H and O–H groups in total. The monoisotopic (exact) mass is 338 g/mol. The van der Waals surface area contributed by atoms with E-state index >= 15 is 0 Å². The molecule has 1 heterocycles. The molecule has 7 heteroatoms. The number of carbonyl (C=O) groups excluding carboxylic acids is 1. The average Bonchev–Trinajstić information content (AvgIpc) is 3.17. The summed E-state index contributed by atoms with van der Waals surface area (Å²) in [6.07, 6.45) is 3.42. The van der Waals surface area contributed by atoms with Crippen molar-refractivity contribution < 1.29 is 14.3 Å². The van der Waals surface area contributed by atoms with Crippen molar-refractivity contribution in [3.63, 3.8) is 0 Å². The molecule has 1 amide bonds. The summed E-state index contributed by atoms with van der Waals surface area (Å²) in [5.74, 6) is 1.17. The molecular formula is C18H18N4O3. The second-order valence-electron chi connectivity index (χ2n) is 5.27. The van der Waals surface area contributed by atoms with Gasteiger partial charge < -0.3 is 14.8 Å². The van der Waals surface area contributed by atoms with Gasteiger partial charge in [0.25, 0.3) is 0 Å². The van der Waals surface area contributed by atoms with E-state index in [1.54, 1.807) is 38.7 Å². The van der Waals surface area contributed by atoms with Gasteiger partial charge in [-0.05, 0) is 30.3 Å². The summed E-state index contributed by atoms with van der Waals surface area (Å²) >= 11 is 0. The van der Waals surface area contributed by atoms with Crippen molar-refractivity contribution >= 4 is 11.6 Å². The number of rotatable bonds is 6. The molecule has 7 nitrogen and oxygen atoms in total. The highest BCUT2D eigenvalue weighted by atomic mass is 16.5. The molecule has 0 unspecified atom stereocenters. The van der Waals surface area contributed by atoms with E-state index in [1.165, 1.54) is 4.80 Å². The fraction of sp³-hybridized carbons (Fsp3) is 0.167. The molecule has 0 fully saturated rings. The Bertz CT molecular complexity index is 845. The number of nitrogens with one attached hydrogen (secondary N) is 1. The molecule has 0 aliphatic carbocycles. The van der Waals surface area contributed by atoms with E-state index < -0.39 is 0 Å². The van der Waals surface area contributed by atoms with Crippen LogP contribution in [0, 0.1) is 0 Å². The van der Waals surface area contributed by atoms with E-state index in [4.69, 9.17) is 9.47 Å². The van der Waals surface area contributed by atoms with Gasteiger partial charge in [0.1, 0.15) is 11.5 Å². The van der Waals surface area contributed by atoms with Crippen LogP contribution < -0.4 is 14.8 Å². The van der Waals surface area contributed by atoms with Gasteiger partial charge in [-0.1, -0.05) is 6.07 Å². The van der Waals surface area contributed by atoms with E-state index in [0.29, 0.717) is 17.2 Å². The van der Waals surface area contributed by atoms with Crippen molar-refractivity contribution in [1.29, 1.82) is 0 Å². The third-order valence-electron chi connectivity index (χ3n) is 3.65. The number of benzene rings is 2. The van der Waals surface area contributed by atoms with Crippen LogP contribution in [0.3, 0.4) is 0 Å². The quantitative estimate of drug-likeness (QED) is 0.747. The molecule has 3 rings (SSSR count). The number of carbonyl (C=O) groups is 1. The van der Waals surface area contributed by atoms with Crippen LogP contribution in [0.25, 0.3) is 5.69 Å². The summed E-state index contributed by atoms with van der Waals surface area (Å²) in [6.45, 7) is 0. The lowest BCUT2D eigenvalue weighted by atomic mass is 10.1. The molecule has 3 aromatic rings. The summed E-state index contributed by atoms with van der Waals surface area (Å²) in [6, 6.07) is 12.7. The van der Waals surface area contributed by atoms with Crippen molar-refractivity contribution in [1.82, 2.24) is 15.0 Å². The fourth-order valence-corrected chi connectivity index (χ4v) is 2.40. The number of ether oxygens (including phenoxy) is 2. The van der Waals surface area contributed by atoms with Crippen molar-refractivity contribution in [3.8, 4) is 17.2 Å². The highest BCUT2D eigenvalue weighted by molar-refractivity contribution is 5.92. The van der Waals surface area contributed by atoms with Crippen LogP contribution in [0.5, 0.6) is 11.5 Å². The number of anilines is 1. The maximum absolute atomic E-state index is 12.3. The molecule has 0 aliphatic rings. The van der Waals surface area contributed by atoms with Gasteiger partial charge in [0, 0.05) is 17.3 Å². The first kappa shape index (κ1) is 16.5. The fourth-order valence-electron chi connectivity index (χ4n) is 2.40. The summed E-state index contributed by atoms with van der Waals surface area (Å²) in [7, 11) is 3.15. The zero-order valence-electron chi connectivity index (χ0n) is 14.0. The first-order valence-electron chi connectivity index (χ1n) is 7.67. The van der Waals surface area contributed by atoms with Crippen molar-refractivity contribution in [3.05, 3.63) is 60.4 Å². The van der Waals surface area contributed by atoms with Gasteiger partial charge in [0.05, 0.1) is 38.7 Å². The Kier molecular flexibility index (Phi) is 4.94. The second-order valence-corrected chi connectivity index (χ2v) is 5.27. The van der Waals surface area contributed by atoms with Crippen molar-refractivity contribution in [2.24, 2.45) is 0 Å². The smallest absolute Gasteiger partial charge is 0.228 e. The largest absolute Gasteiger partial charge is 0.497 e. The van der Waals surface area contributed by atoms with Gasteiger partial charge in [-0.25, -0.2) is 0 Å². The van der Waals surface area contributed by atoms with Gasteiger partial charge in [-0.3, -0.25) is 4.79 Å². The summed E-state index contributed by atoms with van der Waals surface area (Å²) in [5, 5.41) is 11.0. The third kappa shape index (κ3) is 3.95. The van der Waals surface area contributed by atoms with Gasteiger partial charge in [0.2, 0.25) is 5.91 Å². The second kappa shape index (κ2) is 7.48. The van der Waals surface area contributed by atoms with Crippen LogP contribution in [-0.2, 0) is 11.2 Å². The van der Waals surface area contributed by atoms with Gasteiger partial charge >= 0.3 is 0 Å². The molecule has 128 valence electrons. The number of hydrogen-bond donors (Lipinski definition) is 1. The minimum atomic E-state index is -0.131. The third-order valence-corrected chi connectivity index (χ3v) is 3.65. The summed E-state index contributed by atoms with van der Waals surface area (Å²) in [5.41, 5.74) is 2.31. The Labute approximate surface area is 145 Å². The van der Waals surface area contributed by atoms with E-state index in [-0.39, 0.29) is 12.3 Å². The number of methoxy groups -OCH3 is 2. The number of hydrogen-bond acceptors (Lipinski definition) is 5. The Morgan fingerprint density at radius 3 is 2.40 bits per heavy atom. The van der Waals surface area contributed by atoms with Crippen LogP contribution in [0.4, 0.5) is 5.69 Å². The number of amides is 1. The van der Waals surface area contributed by atoms with Crippen LogP contribution in [-0.4, -0.2) is 35.1 Å². The van der Waals surface area contributed by atoms with Gasteiger partial charge in [0.15, 0.2) is 0 Å². The normalized spacial score (nSPS) is 10.3. The molecule has 25 heavy (non-hydrogen) atoms. The van der Waals surface area contributed by atoms with Crippen LogP contribution >= 0.6 is 0 Å². The van der Waals surface area contributed by atoms with E-state index in [2.05, 4.69) is 15.5 Å². The predicted molar refractivity (Wildman–Crippen MR) is 93.2 cm³/mol. The maximum atomic E-state index is 12.3. The highest BCUT2D eigenvalue weighted by Gasteiger charge is 2.10. The number of aromatic nitrogens is 3. The molecule has 0 saturated heterocycles. The molecule has 0 atom stereocenters. The van der Waals surface area contributed by atoms with Crippen molar-refractivity contribution in [2.75, 3.05) is 19.5 Å². The van der Waals surface area contributed by atoms with E-state index in [0.717, 1.165) is 11.3 Å². The summed E-state index contributed by atoms with van der Waals surface area (Å²) in [4.78, 5) is 13.8. The first-order valence-corrected chi connectivity index (χ1v) is 7.67. The minimum absolute atomic E-state index is 0.131. The topological polar surface area (TPSA) is 78.3 Å². The molecule has 0 radical (unpaired) electrons. The molecular weight excluding hydrogens is 320 g/mol. The zero-order chi connectivity index (χ0) is 17.6. The minimum Gasteiger partial charge on any atom is -0.497 e. The molecule has 0 spiro atoms. The lowest BCUT2D eigenvalue weighted by Gasteiger charge is -2.11. The first-order chi connectivity index (χ1) is 12.2. The van der Waals surface area contributed by atoms with E-state index in [9.17, 15) is 4.79 Å². The Balaban J connectivity index is 1.66. The van der Waals surface area contributed by atoms with Gasteiger partial charge in [-0.15, -0.1) is 0 Å². The Morgan fingerprint density at radius 2 is 1.76 bits per heavy atom. The van der Waals surface area contributed by atoms with Crippen molar-refractivity contribution in [2.45, 2.75) is 6.42 Å². The molecule has 2 aromatic carbocycles. The molecule has 1 aromatic heterocycles. The Morgan fingerprint density at radius 1 is 1.04 bits per heavy atom. The maximum Gasteiger partial charge on any atom is 0.228 e. The van der Waals surface area contributed by atoms with Gasteiger partial charge in [-0.2, -0.15) is 15.0 Å². The lowest BCUT2D eigenvalue weighted by Crippen LogP contribution is -2.15. The average molecular weight is 338 g/mol. The van der Waals surface area contributed by atoms with E-state index in [1.807, 2.05) is 30.3 Å². The molecule has 0 aliphatic heterocycles. The molecule has 0 bridgehead atoms. The Hall–Kier alpha value is -3.35. The van der Waals surface area contributed by atoms with Crippen LogP contribution in [0.2, 0.25) is 0 Å². The zero-order valence-corrected chi connectivity index (χ0v) is 14.0. The number of nitrogens with zero attached hydrogens (tertiary/aromatic N) is 3. The predicted octanol–water partition coefficient (Wildman–Crippen LogP) is 2.47. The molecule has 0 saturated carbocycles. The van der Waals surface area contributed by atoms with Crippen LogP contribution in [0.15, 0.2) is 54.9 Å². The standard InChI is InChI=1S/C18H18N4O3/c1-24-16-8-3-13(17(12-16)25-2)11-18(23)21-14-4-6-15(7-5-14)22-19-9-10-20-22/h3-10,12H,11H2,1-2H3,(H,21,23). The SMILES string of the molecule is COc1ccc(CC(=O)Nc2ccc(-n3nccn3)cc2)c(OC)c1. The summed E-state index contributed by atoms with van der Waals surface area (Å²) < 4.78 is 10.5. The van der Waals surface area contributed by atoms with Crippen LogP contribution in [0.1, 0.15) is 5.56 Å². The lowest BCUT2D eigenvalue weighted by molar-refractivity contribution is -0.115. The highest BCUT2D eigenvalue weighted by Crippen LogP contribution is 2.25.